The number of benzene rings is 1. The summed E-state index contributed by atoms with van der Waals surface area (Å²) in [5.74, 6) is 0.810. The van der Waals surface area contributed by atoms with Gasteiger partial charge in [-0.2, -0.15) is 5.10 Å². The standard InChI is InChI=1S/C20H27N3O4/c1-20(2,3)27-19(25)22-10-9-18-16(12-22)17(13-24)21-23(18)11-14-5-7-15(26-4)8-6-14/h5-8,24H,9-13H2,1-4H3. The summed E-state index contributed by atoms with van der Waals surface area (Å²) in [6.07, 6.45) is 0.345. The quantitative estimate of drug-likeness (QED) is 0.892. The lowest BCUT2D eigenvalue weighted by atomic mass is 10.1. The van der Waals surface area contributed by atoms with E-state index in [1.165, 1.54) is 0 Å². The highest BCUT2D eigenvalue weighted by Gasteiger charge is 2.29. The molecule has 1 aromatic carbocycles. The lowest BCUT2D eigenvalue weighted by Crippen LogP contribution is -2.40. The first kappa shape index (κ1) is 19.2. The smallest absolute Gasteiger partial charge is 0.410 e. The van der Waals surface area contributed by atoms with Crippen molar-refractivity contribution in [3.63, 3.8) is 0 Å². The van der Waals surface area contributed by atoms with Crippen molar-refractivity contribution >= 4 is 6.09 Å². The minimum absolute atomic E-state index is 0.153. The Hall–Kier alpha value is -2.54. The van der Waals surface area contributed by atoms with Crippen LogP contribution in [0.5, 0.6) is 5.75 Å². The molecule has 0 saturated heterocycles. The van der Waals surface area contributed by atoms with Gasteiger partial charge in [0.05, 0.1) is 32.5 Å². The van der Waals surface area contributed by atoms with Crippen LogP contribution >= 0.6 is 0 Å². The molecule has 3 rings (SSSR count). The van der Waals surface area contributed by atoms with Crippen LogP contribution in [0.4, 0.5) is 4.79 Å². The summed E-state index contributed by atoms with van der Waals surface area (Å²) in [5.41, 5.74) is 3.17. The second-order valence-electron chi connectivity index (χ2n) is 7.69. The van der Waals surface area contributed by atoms with E-state index in [4.69, 9.17) is 9.47 Å². The van der Waals surface area contributed by atoms with Gasteiger partial charge < -0.3 is 19.5 Å². The van der Waals surface area contributed by atoms with Gasteiger partial charge in [-0.15, -0.1) is 0 Å². The Morgan fingerprint density at radius 1 is 1.26 bits per heavy atom. The molecule has 1 N–H and O–H groups in total. The molecule has 0 atom stereocenters. The summed E-state index contributed by atoms with van der Waals surface area (Å²) < 4.78 is 12.6. The fourth-order valence-corrected chi connectivity index (χ4v) is 3.21. The van der Waals surface area contributed by atoms with Crippen LogP contribution in [0.25, 0.3) is 0 Å². The molecule has 0 radical (unpaired) electrons. The van der Waals surface area contributed by atoms with Crippen molar-refractivity contribution in [1.82, 2.24) is 14.7 Å². The van der Waals surface area contributed by atoms with Gasteiger partial charge in [-0.3, -0.25) is 4.68 Å². The normalized spacial score (nSPS) is 14.0. The van der Waals surface area contributed by atoms with Crippen LogP contribution in [0, 0.1) is 0 Å². The van der Waals surface area contributed by atoms with Gasteiger partial charge in [-0.1, -0.05) is 12.1 Å². The number of methoxy groups -OCH3 is 1. The van der Waals surface area contributed by atoms with Crippen LogP contribution in [-0.4, -0.2) is 45.1 Å². The minimum Gasteiger partial charge on any atom is -0.497 e. The largest absolute Gasteiger partial charge is 0.497 e. The maximum atomic E-state index is 12.4. The van der Waals surface area contributed by atoms with Crippen molar-refractivity contribution in [3.8, 4) is 5.75 Å². The van der Waals surface area contributed by atoms with E-state index < -0.39 is 5.60 Å². The Bertz CT molecular complexity index is 806. The number of aliphatic hydroxyl groups is 1. The van der Waals surface area contributed by atoms with Crippen LogP contribution in [0.2, 0.25) is 0 Å². The van der Waals surface area contributed by atoms with Gasteiger partial charge in [0.15, 0.2) is 0 Å². The van der Waals surface area contributed by atoms with E-state index >= 15 is 0 Å². The first-order valence-corrected chi connectivity index (χ1v) is 9.10. The highest BCUT2D eigenvalue weighted by atomic mass is 16.6. The molecule has 0 saturated carbocycles. The van der Waals surface area contributed by atoms with Gasteiger partial charge in [0.2, 0.25) is 0 Å². The highest BCUT2D eigenvalue weighted by Crippen LogP contribution is 2.25. The van der Waals surface area contributed by atoms with E-state index in [1.54, 1.807) is 12.0 Å². The first-order chi connectivity index (χ1) is 12.8. The van der Waals surface area contributed by atoms with Gasteiger partial charge in [0.1, 0.15) is 11.4 Å². The summed E-state index contributed by atoms with van der Waals surface area (Å²) in [6, 6.07) is 7.84. The maximum Gasteiger partial charge on any atom is 0.410 e. The number of carbonyl (C=O) groups is 1. The number of aromatic nitrogens is 2. The van der Waals surface area contributed by atoms with Gasteiger partial charge in [-0.05, 0) is 38.5 Å². The fourth-order valence-electron chi connectivity index (χ4n) is 3.21. The van der Waals surface area contributed by atoms with Gasteiger partial charge in [0.25, 0.3) is 0 Å². The number of fused-ring (bicyclic) bond motifs is 1. The van der Waals surface area contributed by atoms with Crippen molar-refractivity contribution in [2.24, 2.45) is 0 Å². The molecule has 1 aromatic heterocycles. The van der Waals surface area contributed by atoms with Gasteiger partial charge >= 0.3 is 6.09 Å². The number of nitrogens with zero attached hydrogens (tertiary/aromatic N) is 3. The number of hydrogen-bond donors (Lipinski definition) is 1. The van der Waals surface area contributed by atoms with Crippen LogP contribution < -0.4 is 4.74 Å². The molecule has 7 nitrogen and oxygen atoms in total. The average molecular weight is 373 g/mol. The maximum absolute atomic E-state index is 12.4. The molecule has 0 spiro atoms. The summed E-state index contributed by atoms with van der Waals surface area (Å²) in [5, 5.41) is 14.3. The third-order valence-corrected chi connectivity index (χ3v) is 4.51. The second-order valence-corrected chi connectivity index (χ2v) is 7.69. The van der Waals surface area contributed by atoms with E-state index in [0.717, 1.165) is 22.6 Å². The van der Waals surface area contributed by atoms with E-state index in [1.807, 2.05) is 49.7 Å². The van der Waals surface area contributed by atoms with Crippen LogP contribution in [0.3, 0.4) is 0 Å². The highest BCUT2D eigenvalue weighted by molar-refractivity contribution is 5.68. The van der Waals surface area contributed by atoms with E-state index in [-0.39, 0.29) is 12.7 Å². The van der Waals surface area contributed by atoms with Gasteiger partial charge in [0, 0.05) is 24.2 Å². The summed E-state index contributed by atoms with van der Waals surface area (Å²) >= 11 is 0. The Morgan fingerprint density at radius 2 is 1.96 bits per heavy atom. The van der Waals surface area contributed by atoms with E-state index in [9.17, 15) is 9.90 Å². The Morgan fingerprint density at radius 3 is 2.56 bits per heavy atom. The zero-order chi connectivity index (χ0) is 19.6. The molecular weight excluding hydrogens is 346 g/mol. The number of hydrogen-bond acceptors (Lipinski definition) is 5. The number of ether oxygens (including phenoxy) is 2. The molecule has 0 fully saturated rings. The Balaban J connectivity index is 1.79. The average Bonchev–Trinajstić information content (AvgIpc) is 2.98. The predicted octanol–water partition coefficient (Wildman–Crippen LogP) is 2.73. The molecule has 2 aromatic rings. The van der Waals surface area contributed by atoms with Crippen LogP contribution in [0.1, 0.15) is 43.3 Å². The van der Waals surface area contributed by atoms with E-state index in [2.05, 4.69) is 5.10 Å². The predicted molar refractivity (Wildman–Crippen MR) is 101 cm³/mol. The zero-order valence-corrected chi connectivity index (χ0v) is 16.4. The second kappa shape index (κ2) is 7.60. The minimum atomic E-state index is -0.532. The fraction of sp³-hybridized carbons (Fsp3) is 0.500. The third-order valence-electron chi connectivity index (χ3n) is 4.51. The zero-order valence-electron chi connectivity index (χ0n) is 16.4. The van der Waals surface area contributed by atoms with Crippen molar-refractivity contribution in [2.75, 3.05) is 13.7 Å². The van der Waals surface area contributed by atoms with Crippen LogP contribution in [0.15, 0.2) is 24.3 Å². The number of amides is 1. The Labute approximate surface area is 159 Å². The topological polar surface area (TPSA) is 76.8 Å². The molecule has 7 heteroatoms. The lowest BCUT2D eigenvalue weighted by Gasteiger charge is -2.30. The lowest BCUT2D eigenvalue weighted by molar-refractivity contribution is 0.0221. The molecule has 0 unspecified atom stereocenters. The van der Waals surface area contributed by atoms with Crippen molar-refractivity contribution in [1.29, 1.82) is 0 Å². The van der Waals surface area contributed by atoms with Crippen molar-refractivity contribution in [3.05, 3.63) is 46.8 Å². The summed E-state index contributed by atoms with van der Waals surface area (Å²) in [7, 11) is 1.64. The number of carbonyl (C=O) groups excluding carboxylic acids is 1. The molecule has 0 bridgehead atoms. The van der Waals surface area contributed by atoms with Gasteiger partial charge in [-0.25, -0.2) is 4.79 Å². The Kier molecular flexibility index (Phi) is 5.41. The molecule has 0 aliphatic carbocycles. The molecule has 1 aliphatic heterocycles. The molecule has 146 valence electrons. The first-order valence-electron chi connectivity index (χ1n) is 9.10. The molecule has 27 heavy (non-hydrogen) atoms. The monoisotopic (exact) mass is 373 g/mol. The van der Waals surface area contributed by atoms with Crippen LogP contribution in [-0.2, 0) is 30.9 Å². The van der Waals surface area contributed by atoms with Crippen molar-refractivity contribution in [2.45, 2.75) is 52.5 Å². The number of aliphatic hydroxyl groups excluding tert-OH is 1. The van der Waals surface area contributed by atoms with E-state index in [0.29, 0.717) is 31.7 Å². The number of rotatable bonds is 4. The molecule has 1 aliphatic rings. The van der Waals surface area contributed by atoms with Crippen molar-refractivity contribution < 1.29 is 19.4 Å². The summed E-state index contributed by atoms with van der Waals surface area (Å²) in [4.78, 5) is 14.1. The molecular formula is C20H27N3O4. The molecule has 2 heterocycles. The molecule has 1 amide bonds. The summed E-state index contributed by atoms with van der Waals surface area (Å²) in [6.45, 7) is 6.99. The SMILES string of the molecule is COc1ccc(Cn2nc(CO)c3c2CCN(C(=O)OC(C)(C)C)C3)cc1. The third kappa shape index (κ3) is 4.42.